The van der Waals surface area contributed by atoms with E-state index < -0.39 is 0 Å². The number of nitrogens with one attached hydrogen (secondary N) is 2. The molecule has 0 spiro atoms. The first kappa shape index (κ1) is 21.1. The highest BCUT2D eigenvalue weighted by Crippen LogP contribution is 2.48. The number of fused-ring (bicyclic) bond motifs is 1. The quantitative estimate of drug-likeness (QED) is 0.619. The summed E-state index contributed by atoms with van der Waals surface area (Å²) in [5, 5.41) is 7.35. The van der Waals surface area contributed by atoms with Crippen LogP contribution in [0.3, 0.4) is 0 Å². The molecule has 2 saturated heterocycles. The first-order chi connectivity index (χ1) is 16.5. The number of carbonyl (C=O) groups excluding carboxylic acids is 2. The molecule has 0 radical (unpaired) electrons. The Bertz CT molecular complexity index is 1270. The number of nitrogens with zero attached hydrogens (tertiary/aromatic N) is 3. The van der Waals surface area contributed by atoms with Crippen LogP contribution in [0.1, 0.15) is 34.3 Å². The molecule has 3 aromatic rings. The lowest BCUT2D eigenvalue weighted by atomic mass is 9.98. The molecule has 7 heteroatoms. The van der Waals surface area contributed by atoms with Crippen molar-refractivity contribution in [3.05, 3.63) is 71.4 Å². The van der Waals surface area contributed by atoms with Gasteiger partial charge in [0.25, 0.3) is 5.91 Å². The van der Waals surface area contributed by atoms with Gasteiger partial charge in [-0.1, -0.05) is 24.3 Å². The number of rotatable bonds is 5. The van der Waals surface area contributed by atoms with Crippen molar-refractivity contribution >= 4 is 28.4 Å². The molecule has 0 bridgehead atoms. The van der Waals surface area contributed by atoms with Crippen molar-refractivity contribution < 1.29 is 9.59 Å². The number of hydrogen-bond acceptors (Lipinski definition) is 5. The topological polar surface area (TPSA) is 77.6 Å². The summed E-state index contributed by atoms with van der Waals surface area (Å²) in [6, 6.07) is 16.7. The van der Waals surface area contributed by atoms with E-state index in [0.29, 0.717) is 12.6 Å². The van der Waals surface area contributed by atoms with Gasteiger partial charge in [-0.05, 0) is 55.2 Å². The molecule has 3 heterocycles. The van der Waals surface area contributed by atoms with Crippen LogP contribution in [0.5, 0.6) is 0 Å². The zero-order valence-corrected chi connectivity index (χ0v) is 19.4. The van der Waals surface area contributed by atoms with Gasteiger partial charge in [0.15, 0.2) is 0 Å². The fourth-order valence-electron chi connectivity index (χ4n) is 5.30. The van der Waals surface area contributed by atoms with Gasteiger partial charge in [0.2, 0.25) is 5.91 Å². The summed E-state index contributed by atoms with van der Waals surface area (Å²) in [6.07, 6.45) is 3.70. The summed E-state index contributed by atoms with van der Waals surface area (Å²) in [7, 11) is 0. The minimum Gasteiger partial charge on any atom is -0.368 e. The third-order valence-corrected chi connectivity index (χ3v) is 7.54. The van der Waals surface area contributed by atoms with E-state index in [1.54, 1.807) is 0 Å². The molecule has 1 saturated carbocycles. The number of anilines is 1. The summed E-state index contributed by atoms with van der Waals surface area (Å²) in [6.45, 7) is 5.85. The molecular formula is C27H29N5O2. The van der Waals surface area contributed by atoms with E-state index in [1.165, 1.54) is 0 Å². The van der Waals surface area contributed by atoms with E-state index in [-0.39, 0.29) is 17.4 Å². The summed E-state index contributed by atoms with van der Waals surface area (Å²) >= 11 is 0. The van der Waals surface area contributed by atoms with Gasteiger partial charge in [-0.3, -0.25) is 19.5 Å². The van der Waals surface area contributed by atoms with E-state index in [1.807, 2.05) is 49.5 Å². The number of aryl methyl sites for hydroxylation is 1. The van der Waals surface area contributed by atoms with Gasteiger partial charge in [-0.25, -0.2) is 0 Å². The number of carbonyl (C=O) groups is 2. The lowest BCUT2D eigenvalue weighted by molar-refractivity contribution is -0.125. The predicted octanol–water partition coefficient (Wildman–Crippen LogP) is 2.58. The van der Waals surface area contributed by atoms with Gasteiger partial charge in [0.05, 0.1) is 17.6 Å². The maximum absolute atomic E-state index is 13.5. The first-order valence-electron chi connectivity index (χ1n) is 12.1. The molecule has 0 unspecified atom stereocenters. The zero-order valence-electron chi connectivity index (χ0n) is 19.4. The first-order valence-corrected chi connectivity index (χ1v) is 12.1. The van der Waals surface area contributed by atoms with Crippen molar-refractivity contribution in [3.63, 3.8) is 0 Å². The molecule has 3 aliphatic rings. The lowest BCUT2D eigenvalue weighted by Crippen LogP contribution is -2.63. The Labute approximate surface area is 199 Å². The largest absolute Gasteiger partial charge is 0.368 e. The Kier molecular flexibility index (Phi) is 5.03. The van der Waals surface area contributed by atoms with Crippen LogP contribution in [-0.4, -0.2) is 60.5 Å². The van der Waals surface area contributed by atoms with Crippen molar-refractivity contribution in [2.45, 2.75) is 31.3 Å². The third kappa shape index (κ3) is 3.70. The number of para-hydroxylation sites is 1. The average molecular weight is 456 g/mol. The number of pyridine rings is 1. The fraction of sp³-hybridized carbons (Fsp3) is 0.370. The van der Waals surface area contributed by atoms with Gasteiger partial charge >= 0.3 is 0 Å². The van der Waals surface area contributed by atoms with Crippen LogP contribution in [0.2, 0.25) is 0 Å². The highest BCUT2D eigenvalue weighted by atomic mass is 16.2. The number of piperazine rings is 1. The van der Waals surface area contributed by atoms with Crippen molar-refractivity contribution in [3.8, 4) is 0 Å². The Morgan fingerprint density at radius 2 is 1.97 bits per heavy atom. The molecule has 174 valence electrons. The highest BCUT2D eigenvalue weighted by Gasteiger charge is 2.47. The Morgan fingerprint density at radius 1 is 1.15 bits per heavy atom. The van der Waals surface area contributed by atoms with Gasteiger partial charge in [-0.2, -0.15) is 0 Å². The van der Waals surface area contributed by atoms with Crippen LogP contribution in [0.4, 0.5) is 5.69 Å². The monoisotopic (exact) mass is 455 g/mol. The third-order valence-electron chi connectivity index (χ3n) is 7.54. The van der Waals surface area contributed by atoms with Gasteiger partial charge in [-0.15, -0.1) is 0 Å². The Hall–Kier alpha value is -3.45. The molecule has 2 aromatic carbocycles. The fourth-order valence-corrected chi connectivity index (χ4v) is 5.30. The highest BCUT2D eigenvalue weighted by molar-refractivity contribution is 5.98. The molecule has 1 aliphatic carbocycles. The molecule has 6 rings (SSSR count). The molecular weight excluding hydrogens is 426 g/mol. The van der Waals surface area contributed by atoms with E-state index >= 15 is 0 Å². The SMILES string of the molecule is Cc1ccc(N2CC(N3CCNC(=O)C3)C2)cc1C(=O)NC1(c2ccnc3ccccc23)CC1. The van der Waals surface area contributed by atoms with Gasteiger partial charge < -0.3 is 15.5 Å². The number of amides is 2. The van der Waals surface area contributed by atoms with E-state index in [2.05, 4.69) is 37.6 Å². The molecule has 1 aromatic heterocycles. The molecule has 7 nitrogen and oxygen atoms in total. The van der Waals surface area contributed by atoms with Crippen molar-refractivity contribution in [2.24, 2.45) is 0 Å². The molecule has 2 N–H and O–H groups in total. The summed E-state index contributed by atoms with van der Waals surface area (Å²) in [5.74, 6) is 0.0810. The van der Waals surface area contributed by atoms with Crippen molar-refractivity contribution in [2.75, 3.05) is 37.6 Å². The van der Waals surface area contributed by atoms with Crippen molar-refractivity contribution in [1.29, 1.82) is 0 Å². The van der Waals surface area contributed by atoms with Crippen LogP contribution in [0.15, 0.2) is 54.7 Å². The number of hydrogen-bond donors (Lipinski definition) is 2. The van der Waals surface area contributed by atoms with Gasteiger partial charge in [0, 0.05) is 55.1 Å². The standard InChI is InChI=1S/C27H29N5O2/c1-18-6-7-19(32-15-20(16-32)31-13-12-29-25(33)17-31)14-22(18)26(34)30-27(9-10-27)23-8-11-28-24-5-3-2-4-21(23)24/h2-8,11,14,20H,9-10,12-13,15-17H2,1H3,(H,29,33)(H,30,34). The second kappa shape index (κ2) is 8.09. The maximum Gasteiger partial charge on any atom is 0.252 e. The number of benzene rings is 2. The van der Waals surface area contributed by atoms with E-state index in [0.717, 1.165) is 72.3 Å². The second-order valence-corrected chi connectivity index (χ2v) is 9.79. The number of aromatic nitrogens is 1. The van der Waals surface area contributed by atoms with E-state index in [9.17, 15) is 9.59 Å². The summed E-state index contributed by atoms with van der Waals surface area (Å²) < 4.78 is 0. The molecule has 34 heavy (non-hydrogen) atoms. The van der Waals surface area contributed by atoms with Crippen LogP contribution >= 0.6 is 0 Å². The molecule has 2 amide bonds. The minimum absolute atomic E-state index is 0.0254. The zero-order chi connectivity index (χ0) is 23.3. The smallest absolute Gasteiger partial charge is 0.252 e. The minimum atomic E-state index is -0.321. The molecule has 2 aliphatic heterocycles. The van der Waals surface area contributed by atoms with Gasteiger partial charge in [0.1, 0.15) is 0 Å². The molecule has 0 atom stereocenters. The van der Waals surface area contributed by atoms with E-state index in [4.69, 9.17) is 0 Å². The predicted molar refractivity (Wildman–Crippen MR) is 132 cm³/mol. The lowest BCUT2D eigenvalue weighted by Gasteiger charge is -2.47. The van der Waals surface area contributed by atoms with Crippen LogP contribution in [0.25, 0.3) is 10.9 Å². The molecule has 3 fully saturated rings. The van der Waals surface area contributed by atoms with Crippen molar-refractivity contribution in [1.82, 2.24) is 20.5 Å². The average Bonchev–Trinajstić information content (AvgIpc) is 3.59. The maximum atomic E-state index is 13.5. The summed E-state index contributed by atoms with van der Waals surface area (Å²) in [4.78, 5) is 34.2. The Morgan fingerprint density at radius 3 is 2.76 bits per heavy atom. The van der Waals surface area contributed by atoms with Crippen LogP contribution in [0, 0.1) is 6.92 Å². The van der Waals surface area contributed by atoms with Crippen LogP contribution in [-0.2, 0) is 10.3 Å². The second-order valence-electron chi connectivity index (χ2n) is 9.79. The summed E-state index contributed by atoms with van der Waals surface area (Å²) in [5.41, 5.74) is 4.55. The Balaban J connectivity index is 1.19. The normalized spacial score (nSPS) is 20.0. The van der Waals surface area contributed by atoms with Crippen LogP contribution < -0.4 is 15.5 Å².